The van der Waals surface area contributed by atoms with Crippen molar-refractivity contribution in [1.29, 1.82) is 0 Å². The van der Waals surface area contributed by atoms with Gasteiger partial charge in [-0.05, 0) is 48.5 Å². The first kappa shape index (κ1) is 17.5. The minimum Gasteiger partial charge on any atom is -0.459 e. The summed E-state index contributed by atoms with van der Waals surface area (Å²) in [5.74, 6) is -0.432. The highest BCUT2D eigenvalue weighted by atomic mass is 16.3. The fourth-order valence-corrected chi connectivity index (χ4v) is 2.95. The summed E-state index contributed by atoms with van der Waals surface area (Å²) in [5, 5.41) is 2.79. The smallest absolute Gasteiger partial charge is 0.289 e. The normalized spacial score (nSPS) is 10.8. The van der Waals surface area contributed by atoms with Crippen molar-refractivity contribution in [2.24, 2.45) is 0 Å². The van der Waals surface area contributed by atoms with E-state index in [2.05, 4.69) is 10.3 Å². The van der Waals surface area contributed by atoms with Gasteiger partial charge in [-0.1, -0.05) is 12.1 Å². The molecule has 0 saturated heterocycles. The summed E-state index contributed by atoms with van der Waals surface area (Å²) in [5.41, 5.74) is 3.52. The highest BCUT2D eigenvalue weighted by Crippen LogP contribution is 2.19. The number of hydrogen-bond acceptors (Lipinski definition) is 4. The summed E-state index contributed by atoms with van der Waals surface area (Å²) in [6.07, 6.45) is 3.19. The first-order valence-corrected chi connectivity index (χ1v) is 8.73. The zero-order chi connectivity index (χ0) is 19.5. The Hall–Kier alpha value is -3.87. The molecule has 0 fully saturated rings. The van der Waals surface area contributed by atoms with Crippen LogP contribution in [0.2, 0.25) is 0 Å². The largest absolute Gasteiger partial charge is 0.459 e. The molecule has 7 nitrogen and oxygen atoms in total. The molecule has 0 aliphatic carbocycles. The first-order chi connectivity index (χ1) is 13.6. The van der Waals surface area contributed by atoms with Gasteiger partial charge in [-0.2, -0.15) is 0 Å². The third-order valence-electron chi connectivity index (χ3n) is 4.34. The predicted molar refractivity (Wildman–Crippen MR) is 105 cm³/mol. The molecule has 0 aliphatic rings. The Kier molecular flexibility index (Phi) is 4.63. The van der Waals surface area contributed by atoms with Gasteiger partial charge in [0.05, 0.1) is 23.8 Å². The van der Waals surface area contributed by atoms with Crippen molar-refractivity contribution in [2.45, 2.75) is 0 Å². The van der Waals surface area contributed by atoms with Crippen LogP contribution in [0.3, 0.4) is 0 Å². The van der Waals surface area contributed by atoms with Crippen LogP contribution in [0.4, 0.5) is 5.69 Å². The quantitative estimate of drug-likeness (QED) is 0.581. The lowest BCUT2D eigenvalue weighted by molar-refractivity contribution is -0.116. The fourth-order valence-electron chi connectivity index (χ4n) is 2.95. The molecule has 140 valence electrons. The number of imidazole rings is 1. The number of rotatable bonds is 5. The van der Waals surface area contributed by atoms with Crippen LogP contribution in [0.5, 0.6) is 0 Å². The van der Waals surface area contributed by atoms with Gasteiger partial charge in [0.1, 0.15) is 6.33 Å². The number of fused-ring (bicyclic) bond motifs is 1. The number of amides is 2. The maximum absolute atomic E-state index is 12.2. The van der Waals surface area contributed by atoms with Gasteiger partial charge in [0.15, 0.2) is 5.76 Å². The molecule has 4 rings (SSSR count). The molecule has 0 atom stereocenters. The van der Waals surface area contributed by atoms with E-state index >= 15 is 0 Å². The van der Waals surface area contributed by atoms with Gasteiger partial charge in [0, 0.05) is 18.4 Å². The zero-order valence-corrected chi connectivity index (χ0v) is 15.2. The maximum atomic E-state index is 12.2. The van der Waals surface area contributed by atoms with Crippen LogP contribution in [0.25, 0.3) is 16.7 Å². The number of carbonyl (C=O) groups is 2. The van der Waals surface area contributed by atoms with E-state index in [0.29, 0.717) is 5.69 Å². The Morgan fingerprint density at radius 1 is 1.07 bits per heavy atom. The van der Waals surface area contributed by atoms with Crippen LogP contribution < -0.4 is 5.32 Å². The summed E-state index contributed by atoms with van der Waals surface area (Å²) in [4.78, 5) is 30.0. The van der Waals surface area contributed by atoms with Crippen LogP contribution in [0.1, 0.15) is 10.6 Å². The van der Waals surface area contributed by atoms with Crippen molar-refractivity contribution >= 4 is 28.5 Å². The van der Waals surface area contributed by atoms with Crippen LogP contribution >= 0.6 is 0 Å². The predicted octanol–water partition coefficient (Wildman–Crippen LogP) is 3.33. The second-order valence-electron chi connectivity index (χ2n) is 6.34. The van der Waals surface area contributed by atoms with E-state index in [1.54, 1.807) is 25.5 Å². The lowest BCUT2D eigenvalue weighted by Crippen LogP contribution is -2.34. The molecule has 0 radical (unpaired) electrons. The van der Waals surface area contributed by atoms with E-state index in [9.17, 15) is 9.59 Å². The molecular weight excluding hydrogens is 356 g/mol. The molecule has 0 unspecified atom stereocenters. The van der Waals surface area contributed by atoms with Crippen molar-refractivity contribution in [3.05, 3.63) is 79.0 Å². The molecule has 0 saturated carbocycles. The number of hydrogen-bond donors (Lipinski definition) is 1. The SMILES string of the molecule is CN(CC(=O)Nc1ccc(-n2cnc3ccccc32)cc1)C(=O)c1ccco1. The molecular formula is C21H18N4O3. The van der Waals surface area contributed by atoms with E-state index < -0.39 is 0 Å². The van der Waals surface area contributed by atoms with Gasteiger partial charge >= 0.3 is 0 Å². The van der Waals surface area contributed by atoms with Crippen molar-refractivity contribution < 1.29 is 14.0 Å². The number of aromatic nitrogens is 2. The summed E-state index contributed by atoms with van der Waals surface area (Å²) < 4.78 is 7.05. The molecule has 4 aromatic rings. The number of carbonyl (C=O) groups excluding carboxylic acids is 2. The Morgan fingerprint density at radius 2 is 1.86 bits per heavy atom. The molecule has 2 aromatic heterocycles. The number of nitrogens with zero attached hydrogens (tertiary/aromatic N) is 3. The van der Waals surface area contributed by atoms with E-state index in [-0.39, 0.29) is 24.1 Å². The van der Waals surface area contributed by atoms with Gasteiger partial charge in [0.25, 0.3) is 5.91 Å². The Bertz CT molecular complexity index is 1110. The maximum Gasteiger partial charge on any atom is 0.289 e. The van der Waals surface area contributed by atoms with Crippen molar-refractivity contribution in [3.8, 4) is 5.69 Å². The molecule has 1 N–H and O–H groups in total. The van der Waals surface area contributed by atoms with Crippen molar-refractivity contribution in [3.63, 3.8) is 0 Å². The Balaban J connectivity index is 1.41. The second kappa shape index (κ2) is 7.40. The lowest BCUT2D eigenvalue weighted by Gasteiger charge is -2.15. The fraction of sp³-hybridized carbons (Fsp3) is 0.0952. The number of benzene rings is 2. The zero-order valence-electron chi connectivity index (χ0n) is 15.2. The number of anilines is 1. The third-order valence-corrected chi connectivity index (χ3v) is 4.34. The highest BCUT2D eigenvalue weighted by Gasteiger charge is 2.17. The third kappa shape index (κ3) is 3.50. The van der Waals surface area contributed by atoms with Gasteiger partial charge < -0.3 is 14.6 Å². The minimum absolute atomic E-state index is 0.0759. The van der Waals surface area contributed by atoms with Crippen LogP contribution in [0, 0.1) is 0 Å². The molecule has 0 aliphatic heterocycles. The van der Waals surface area contributed by atoms with Crippen LogP contribution in [-0.2, 0) is 4.79 Å². The molecule has 2 heterocycles. The average molecular weight is 374 g/mol. The van der Waals surface area contributed by atoms with Crippen LogP contribution in [0.15, 0.2) is 77.7 Å². The lowest BCUT2D eigenvalue weighted by atomic mass is 10.2. The summed E-state index contributed by atoms with van der Waals surface area (Å²) in [6, 6.07) is 18.5. The van der Waals surface area contributed by atoms with Gasteiger partial charge in [-0.15, -0.1) is 0 Å². The number of furan rings is 1. The average Bonchev–Trinajstić information content (AvgIpc) is 3.38. The number of para-hydroxylation sites is 2. The topological polar surface area (TPSA) is 80.4 Å². The minimum atomic E-state index is -0.345. The summed E-state index contributed by atoms with van der Waals surface area (Å²) in [7, 11) is 1.55. The number of likely N-dealkylation sites (N-methyl/N-ethyl adjacent to an activating group) is 1. The van der Waals surface area contributed by atoms with Crippen LogP contribution in [-0.4, -0.2) is 39.9 Å². The molecule has 0 bridgehead atoms. The molecule has 28 heavy (non-hydrogen) atoms. The highest BCUT2D eigenvalue weighted by molar-refractivity contribution is 5.98. The molecule has 7 heteroatoms. The van der Waals surface area contributed by atoms with Gasteiger partial charge in [-0.25, -0.2) is 4.98 Å². The van der Waals surface area contributed by atoms with Crippen molar-refractivity contribution in [2.75, 3.05) is 18.9 Å². The molecule has 2 amide bonds. The Labute approximate surface area is 161 Å². The van der Waals surface area contributed by atoms with E-state index in [1.165, 1.54) is 11.2 Å². The second-order valence-corrected chi connectivity index (χ2v) is 6.34. The van der Waals surface area contributed by atoms with Gasteiger partial charge in [-0.3, -0.25) is 14.2 Å². The standard InChI is InChI=1S/C21H18N4O3/c1-24(21(27)19-7-4-12-28-19)13-20(26)23-15-8-10-16(11-9-15)25-14-22-17-5-2-3-6-18(17)25/h2-12,14H,13H2,1H3,(H,23,26). The van der Waals surface area contributed by atoms with E-state index in [4.69, 9.17) is 4.42 Å². The summed E-state index contributed by atoms with van der Waals surface area (Å²) >= 11 is 0. The summed E-state index contributed by atoms with van der Waals surface area (Å²) in [6.45, 7) is -0.0759. The number of nitrogens with one attached hydrogen (secondary N) is 1. The molecule has 2 aromatic carbocycles. The van der Waals surface area contributed by atoms with E-state index in [0.717, 1.165) is 16.7 Å². The first-order valence-electron chi connectivity index (χ1n) is 8.73. The van der Waals surface area contributed by atoms with Crippen molar-refractivity contribution in [1.82, 2.24) is 14.5 Å². The molecule has 0 spiro atoms. The van der Waals surface area contributed by atoms with Gasteiger partial charge in [0.2, 0.25) is 5.91 Å². The van der Waals surface area contributed by atoms with E-state index in [1.807, 2.05) is 53.1 Å². The monoisotopic (exact) mass is 374 g/mol. The Morgan fingerprint density at radius 3 is 2.61 bits per heavy atom.